The second kappa shape index (κ2) is 5.25. The number of hydrogen-bond acceptors (Lipinski definition) is 4. The highest BCUT2D eigenvalue weighted by molar-refractivity contribution is 7.99. The molecule has 1 N–H and O–H groups in total. The zero-order valence-corrected chi connectivity index (χ0v) is 12.5. The van der Waals surface area contributed by atoms with E-state index >= 15 is 0 Å². The molecule has 0 bridgehead atoms. The summed E-state index contributed by atoms with van der Waals surface area (Å²) < 4.78 is 3.68. The van der Waals surface area contributed by atoms with Crippen molar-refractivity contribution in [2.24, 2.45) is 7.05 Å². The van der Waals surface area contributed by atoms with Crippen molar-refractivity contribution >= 4 is 28.8 Å². The zero-order valence-electron chi connectivity index (χ0n) is 11.6. The maximum atomic E-state index is 10.8. The summed E-state index contributed by atoms with van der Waals surface area (Å²) in [5.41, 5.74) is 3.80. The zero-order chi connectivity index (χ0) is 15.0. The number of aliphatic carboxylic acids is 1. The van der Waals surface area contributed by atoms with Crippen molar-refractivity contribution in [1.29, 1.82) is 0 Å². The van der Waals surface area contributed by atoms with Gasteiger partial charge in [0.2, 0.25) is 0 Å². The number of para-hydroxylation sites is 1. The molecule has 0 spiro atoms. The number of thioether (sulfide) groups is 1. The first-order valence-corrected chi connectivity index (χ1v) is 7.36. The Labute approximate surface area is 125 Å². The van der Waals surface area contributed by atoms with Crippen LogP contribution >= 0.6 is 11.8 Å². The van der Waals surface area contributed by atoms with Crippen LogP contribution in [-0.2, 0) is 11.8 Å². The number of aryl methyl sites for hydroxylation is 2. The molecule has 3 aromatic rings. The van der Waals surface area contributed by atoms with Crippen LogP contribution in [0.5, 0.6) is 0 Å². The third kappa shape index (κ3) is 2.52. The molecule has 0 amide bonds. The summed E-state index contributed by atoms with van der Waals surface area (Å²) in [4.78, 5) is 15.4. The molecule has 2 heterocycles. The van der Waals surface area contributed by atoms with Gasteiger partial charge >= 0.3 is 5.97 Å². The van der Waals surface area contributed by atoms with Crippen LogP contribution in [0.25, 0.3) is 16.7 Å². The summed E-state index contributed by atoms with van der Waals surface area (Å²) >= 11 is 1.21. The van der Waals surface area contributed by atoms with E-state index in [9.17, 15) is 4.79 Å². The van der Waals surface area contributed by atoms with Gasteiger partial charge in [0.25, 0.3) is 0 Å². The predicted octanol–water partition coefficient (Wildman–Crippen LogP) is 2.24. The summed E-state index contributed by atoms with van der Waals surface area (Å²) in [5, 5.41) is 13.7. The molecule has 0 radical (unpaired) electrons. The van der Waals surface area contributed by atoms with Gasteiger partial charge in [0.05, 0.1) is 28.7 Å². The van der Waals surface area contributed by atoms with Gasteiger partial charge in [-0.2, -0.15) is 5.10 Å². The molecule has 7 heteroatoms. The number of benzene rings is 1. The molecule has 0 saturated carbocycles. The first-order valence-electron chi connectivity index (χ1n) is 6.38. The Morgan fingerprint density at radius 3 is 2.90 bits per heavy atom. The molecule has 21 heavy (non-hydrogen) atoms. The third-order valence-electron chi connectivity index (χ3n) is 3.12. The molecule has 1 aromatic carbocycles. The van der Waals surface area contributed by atoms with Gasteiger partial charge in [0.1, 0.15) is 0 Å². The molecule has 0 atom stereocenters. The smallest absolute Gasteiger partial charge is 0.313 e. The van der Waals surface area contributed by atoms with Gasteiger partial charge in [-0.1, -0.05) is 23.9 Å². The molecule has 0 aliphatic rings. The maximum absolute atomic E-state index is 10.8. The molecule has 0 fully saturated rings. The fraction of sp³-hybridized carbons (Fsp3) is 0.214. The molecule has 0 aliphatic heterocycles. The van der Waals surface area contributed by atoms with E-state index < -0.39 is 5.97 Å². The van der Waals surface area contributed by atoms with Crippen molar-refractivity contribution in [3.05, 3.63) is 36.2 Å². The van der Waals surface area contributed by atoms with E-state index in [4.69, 9.17) is 5.11 Å². The molecular formula is C14H14N4O2S. The number of carboxylic acid groups (broad SMARTS) is 1. The van der Waals surface area contributed by atoms with Gasteiger partial charge in [-0.3, -0.25) is 14.0 Å². The van der Waals surface area contributed by atoms with E-state index in [0.29, 0.717) is 5.16 Å². The number of hydrogen-bond donors (Lipinski definition) is 1. The second-order valence-corrected chi connectivity index (χ2v) is 5.67. The summed E-state index contributed by atoms with van der Waals surface area (Å²) in [6, 6.07) is 5.90. The summed E-state index contributed by atoms with van der Waals surface area (Å²) in [6.07, 6.45) is 3.64. The lowest BCUT2D eigenvalue weighted by Crippen LogP contribution is -2.01. The van der Waals surface area contributed by atoms with Crippen LogP contribution in [-0.4, -0.2) is 36.2 Å². The molecule has 0 saturated heterocycles. The lowest BCUT2D eigenvalue weighted by Gasteiger charge is -2.06. The standard InChI is InChI=1S/C14H14N4O2S/c1-9-4-3-5-11-13(9)18(10-6-15-17(2)7-10)14(16-11)21-8-12(19)20/h3-7H,8H2,1-2H3,(H,19,20). The lowest BCUT2D eigenvalue weighted by atomic mass is 10.2. The highest BCUT2D eigenvalue weighted by Gasteiger charge is 2.16. The average molecular weight is 302 g/mol. The van der Waals surface area contributed by atoms with Gasteiger partial charge in [-0.05, 0) is 18.6 Å². The molecule has 2 aromatic heterocycles. The SMILES string of the molecule is Cc1cccc2nc(SCC(=O)O)n(-c3cnn(C)c3)c12. The van der Waals surface area contributed by atoms with Crippen molar-refractivity contribution in [3.63, 3.8) is 0 Å². The number of nitrogens with zero attached hydrogens (tertiary/aromatic N) is 4. The maximum Gasteiger partial charge on any atom is 0.313 e. The van der Waals surface area contributed by atoms with Crippen molar-refractivity contribution in [1.82, 2.24) is 19.3 Å². The first-order chi connectivity index (χ1) is 10.1. The number of carboxylic acids is 1. The molecule has 0 unspecified atom stereocenters. The number of aromatic nitrogens is 4. The largest absolute Gasteiger partial charge is 0.481 e. The quantitative estimate of drug-likeness (QED) is 0.748. The third-order valence-corrected chi connectivity index (χ3v) is 4.04. The first kappa shape index (κ1) is 13.7. The van der Waals surface area contributed by atoms with Crippen LogP contribution in [0.1, 0.15) is 5.56 Å². The Hall–Kier alpha value is -2.28. The minimum absolute atomic E-state index is 0.0252. The Kier molecular flexibility index (Phi) is 3.42. The molecule has 6 nitrogen and oxygen atoms in total. The predicted molar refractivity (Wildman–Crippen MR) is 80.9 cm³/mol. The Bertz CT molecular complexity index is 822. The van der Waals surface area contributed by atoms with Gasteiger partial charge in [0, 0.05) is 13.2 Å². The van der Waals surface area contributed by atoms with Crippen molar-refractivity contribution in [2.75, 3.05) is 5.75 Å². The lowest BCUT2D eigenvalue weighted by molar-refractivity contribution is -0.133. The highest BCUT2D eigenvalue weighted by Crippen LogP contribution is 2.29. The van der Waals surface area contributed by atoms with Crippen molar-refractivity contribution in [3.8, 4) is 5.69 Å². The number of carbonyl (C=O) groups is 1. The van der Waals surface area contributed by atoms with Gasteiger partial charge in [0.15, 0.2) is 5.16 Å². The minimum Gasteiger partial charge on any atom is -0.481 e. The van der Waals surface area contributed by atoms with Gasteiger partial charge in [-0.15, -0.1) is 0 Å². The van der Waals surface area contributed by atoms with Crippen LogP contribution in [0.4, 0.5) is 0 Å². The summed E-state index contributed by atoms with van der Waals surface area (Å²) in [6.45, 7) is 2.02. The van der Waals surface area contributed by atoms with Crippen molar-refractivity contribution in [2.45, 2.75) is 12.1 Å². The van der Waals surface area contributed by atoms with Crippen LogP contribution in [0.2, 0.25) is 0 Å². The van der Waals surface area contributed by atoms with Gasteiger partial charge < -0.3 is 5.11 Å². The topological polar surface area (TPSA) is 72.9 Å². The van der Waals surface area contributed by atoms with Crippen LogP contribution in [0.3, 0.4) is 0 Å². The molecule has 108 valence electrons. The van der Waals surface area contributed by atoms with E-state index in [1.54, 1.807) is 10.9 Å². The normalized spacial score (nSPS) is 11.1. The molecule has 3 rings (SSSR count). The van der Waals surface area contributed by atoms with E-state index in [0.717, 1.165) is 22.3 Å². The van der Waals surface area contributed by atoms with E-state index in [1.807, 2.05) is 42.9 Å². The second-order valence-electron chi connectivity index (χ2n) is 4.73. The van der Waals surface area contributed by atoms with Gasteiger partial charge in [-0.25, -0.2) is 4.98 Å². The summed E-state index contributed by atoms with van der Waals surface area (Å²) in [7, 11) is 1.85. The fourth-order valence-electron chi connectivity index (χ4n) is 2.26. The van der Waals surface area contributed by atoms with E-state index in [1.165, 1.54) is 11.8 Å². The number of fused-ring (bicyclic) bond motifs is 1. The van der Waals surface area contributed by atoms with E-state index in [-0.39, 0.29) is 5.75 Å². The minimum atomic E-state index is -0.860. The van der Waals surface area contributed by atoms with E-state index in [2.05, 4.69) is 10.1 Å². The van der Waals surface area contributed by atoms with Crippen LogP contribution in [0.15, 0.2) is 35.7 Å². The highest BCUT2D eigenvalue weighted by atomic mass is 32.2. The monoisotopic (exact) mass is 302 g/mol. The Balaban J connectivity index is 2.21. The van der Waals surface area contributed by atoms with Crippen LogP contribution in [0, 0.1) is 6.92 Å². The average Bonchev–Trinajstić information content (AvgIpc) is 3.00. The fourth-order valence-corrected chi connectivity index (χ4v) is 3.00. The summed E-state index contributed by atoms with van der Waals surface area (Å²) in [5.74, 6) is -0.885. The molecule has 0 aliphatic carbocycles. The van der Waals surface area contributed by atoms with Crippen LogP contribution < -0.4 is 0 Å². The number of rotatable bonds is 4. The van der Waals surface area contributed by atoms with Crippen molar-refractivity contribution < 1.29 is 9.90 Å². The Morgan fingerprint density at radius 1 is 1.43 bits per heavy atom. The number of imidazole rings is 1. The Morgan fingerprint density at radius 2 is 2.24 bits per heavy atom. The molecular weight excluding hydrogens is 288 g/mol.